The Hall–Kier alpha value is -1.31. The van der Waals surface area contributed by atoms with Crippen LogP contribution in [0.3, 0.4) is 0 Å². The summed E-state index contributed by atoms with van der Waals surface area (Å²) in [7, 11) is -2.02. The van der Waals surface area contributed by atoms with Crippen LogP contribution in [0.4, 0.5) is 11.4 Å². The van der Waals surface area contributed by atoms with Gasteiger partial charge in [-0.25, -0.2) is 13.1 Å². The molecule has 0 radical (unpaired) electrons. The minimum atomic E-state index is -3.44. The molecule has 7 heteroatoms. The Morgan fingerprint density at radius 1 is 1.29 bits per heavy atom. The first kappa shape index (κ1) is 14.6. The largest absolute Gasteiger partial charge is 0.397 e. The zero-order valence-electron chi connectivity index (χ0n) is 12.2. The van der Waals surface area contributed by atoms with E-state index in [9.17, 15) is 8.42 Å². The minimum absolute atomic E-state index is 0.267. The average molecular weight is 310 g/mol. The molecule has 21 heavy (non-hydrogen) atoms. The summed E-state index contributed by atoms with van der Waals surface area (Å²) in [6.45, 7) is 4.02. The maximum atomic E-state index is 12.0. The van der Waals surface area contributed by atoms with Crippen molar-refractivity contribution in [3.63, 3.8) is 0 Å². The number of piperazine rings is 1. The van der Waals surface area contributed by atoms with Crippen molar-refractivity contribution in [1.82, 2.24) is 9.62 Å². The fourth-order valence-electron chi connectivity index (χ4n) is 3.29. The van der Waals surface area contributed by atoms with Crippen molar-refractivity contribution in [1.29, 1.82) is 0 Å². The van der Waals surface area contributed by atoms with E-state index in [0.29, 0.717) is 11.7 Å². The lowest BCUT2D eigenvalue weighted by Gasteiger charge is -2.39. The first-order valence-electron chi connectivity index (χ1n) is 7.33. The average Bonchev–Trinajstić information content (AvgIpc) is 2.95. The SMILES string of the molecule is CNS(=O)(=O)c1ccc(N)c(N2CCN3CCCC3C2)c1. The van der Waals surface area contributed by atoms with Crippen molar-refractivity contribution in [2.24, 2.45) is 0 Å². The van der Waals surface area contributed by atoms with Gasteiger partial charge in [-0.2, -0.15) is 0 Å². The summed E-state index contributed by atoms with van der Waals surface area (Å²) in [5.41, 5.74) is 7.54. The molecule has 0 aromatic heterocycles. The van der Waals surface area contributed by atoms with Gasteiger partial charge in [0.25, 0.3) is 0 Å². The first-order chi connectivity index (χ1) is 10.0. The fraction of sp³-hybridized carbons (Fsp3) is 0.571. The van der Waals surface area contributed by atoms with Gasteiger partial charge in [0.15, 0.2) is 0 Å². The van der Waals surface area contributed by atoms with Gasteiger partial charge in [-0.05, 0) is 44.6 Å². The highest BCUT2D eigenvalue weighted by Gasteiger charge is 2.31. The fourth-order valence-corrected chi connectivity index (χ4v) is 4.04. The van der Waals surface area contributed by atoms with Crippen LogP contribution in [0.15, 0.2) is 23.1 Å². The molecule has 1 aromatic rings. The van der Waals surface area contributed by atoms with Gasteiger partial charge < -0.3 is 10.6 Å². The van der Waals surface area contributed by atoms with E-state index < -0.39 is 10.0 Å². The molecular formula is C14H22N4O2S. The van der Waals surface area contributed by atoms with Crippen LogP contribution >= 0.6 is 0 Å². The molecule has 116 valence electrons. The third kappa shape index (κ3) is 2.73. The second-order valence-electron chi connectivity index (χ2n) is 5.71. The van der Waals surface area contributed by atoms with Crippen LogP contribution in [0, 0.1) is 0 Å². The third-order valence-corrected chi connectivity index (χ3v) is 5.92. The molecule has 2 heterocycles. The van der Waals surface area contributed by atoms with Crippen LogP contribution in [0.1, 0.15) is 12.8 Å². The molecule has 0 aliphatic carbocycles. The number of rotatable bonds is 3. The number of nitrogens with one attached hydrogen (secondary N) is 1. The lowest BCUT2D eigenvalue weighted by Crippen LogP contribution is -2.50. The van der Waals surface area contributed by atoms with Crippen molar-refractivity contribution >= 4 is 21.4 Å². The Labute approximate surface area is 126 Å². The monoisotopic (exact) mass is 310 g/mol. The summed E-state index contributed by atoms with van der Waals surface area (Å²) in [6.07, 6.45) is 2.47. The number of fused-ring (bicyclic) bond motifs is 1. The first-order valence-corrected chi connectivity index (χ1v) is 8.81. The minimum Gasteiger partial charge on any atom is -0.397 e. The summed E-state index contributed by atoms with van der Waals surface area (Å²) in [6, 6.07) is 5.49. The van der Waals surface area contributed by atoms with Crippen LogP contribution in [0.25, 0.3) is 0 Å². The van der Waals surface area contributed by atoms with E-state index in [1.54, 1.807) is 18.2 Å². The highest BCUT2D eigenvalue weighted by atomic mass is 32.2. The van der Waals surface area contributed by atoms with Crippen LogP contribution in [0.5, 0.6) is 0 Å². The Morgan fingerprint density at radius 2 is 2.10 bits per heavy atom. The molecule has 1 unspecified atom stereocenters. The van der Waals surface area contributed by atoms with E-state index >= 15 is 0 Å². The number of nitrogens with two attached hydrogens (primary N) is 1. The lowest BCUT2D eigenvalue weighted by atomic mass is 10.1. The van der Waals surface area contributed by atoms with Crippen LogP contribution in [-0.4, -0.2) is 52.6 Å². The number of nitrogen functional groups attached to an aromatic ring is 1. The number of sulfonamides is 1. The standard InChI is InChI=1S/C14H22N4O2S/c1-16-21(19,20)12-4-5-13(15)14(9-12)18-8-7-17-6-2-3-11(17)10-18/h4-5,9,11,16H,2-3,6-8,10,15H2,1H3. The molecule has 1 aromatic carbocycles. The van der Waals surface area contributed by atoms with Crippen molar-refractivity contribution in [3.05, 3.63) is 18.2 Å². The summed E-state index contributed by atoms with van der Waals surface area (Å²) < 4.78 is 26.3. The predicted octanol–water partition coefficient (Wildman–Crippen LogP) is 0.461. The quantitative estimate of drug-likeness (QED) is 0.793. The Balaban J connectivity index is 1.89. The molecule has 2 fully saturated rings. The van der Waals surface area contributed by atoms with Crippen molar-refractivity contribution in [3.8, 4) is 0 Å². The maximum absolute atomic E-state index is 12.0. The molecule has 2 aliphatic rings. The zero-order chi connectivity index (χ0) is 15.0. The van der Waals surface area contributed by atoms with Crippen LogP contribution < -0.4 is 15.4 Å². The summed E-state index contributed by atoms with van der Waals surface area (Å²) in [4.78, 5) is 5.00. The third-order valence-electron chi connectivity index (χ3n) is 4.51. The molecule has 0 bridgehead atoms. The Kier molecular flexibility index (Phi) is 3.81. The van der Waals surface area contributed by atoms with Crippen molar-refractivity contribution < 1.29 is 8.42 Å². The van der Waals surface area contributed by atoms with Gasteiger partial charge in [0, 0.05) is 25.7 Å². The molecule has 2 saturated heterocycles. The van der Waals surface area contributed by atoms with Gasteiger partial charge >= 0.3 is 0 Å². The smallest absolute Gasteiger partial charge is 0.240 e. The Morgan fingerprint density at radius 3 is 2.86 bits per heavy atom. The summed E-state index contributed by atoms with van der Waals surface area (Å²) >= 11 is 0. The van der Waals surface area contributed by atoms with Gasteiger partial charge in [-0.15, -0.1) is 0 Å². The van der Waals surface area contributed by atoms with E-state index in [-0.39, 0.29) is 4.90 Å². The van der Waals surface area contributed by atoms with Gasteiger partial charge in [0.1, 0.15) is 0 Å². The topological polar surface area (TPSA) is 78.7 Å². The molecule has 6 nitrogen and oxygen atoms in total. The number of hydrogen-bond donors (Lipinski definition) is 2. The van der Waals surface area contributed by atoms with E-state index in [0.717, 1.165) is 25.3 Å². The molecule has 1 atom stereocenters. The second-order valence-corrected chi connectivity index (χ2v) is 7.59. The van der Waals surface area contributed by atoms with E-state index in [1.165, 1.54) is 26.4 Å². The second kappa shape index (κ2) is 5.47. The number of hydrogen-bond acceptors (Lipinski definition) is 5. The number of nitrogens with zero attached hydrogens (tertiary/aromatic N) is 2. The van der Waals surface area contributed by atoms with Gasteiger partial charge in [-0.1, -0.05) is 0 Å². The van der Waals surface area contributed by atoms with Crippen LogP contribution in [-0.2, 0) is 10.0 Å². The molecule has 0 spiro atoms. The van der Waals surface area contributed by atoms with E-state index in [4.69, 9.17) is 5.73 Å². The predicted molar refractivity (Wildman–Crippen MR) is 83.9 cm³/mol. The highest BCUT2D eigenvalue weighted by molar-refractivity contribution is 7.89. The maximum Gasteiger partial charge on any atom is 0.240 e. The van der Waals surface area contributed by atoms with Crippen LogP contribution in [0.2, 0.25) is 0 Å². The Bertz CT molecular complexity index is 632. The van der Waals surface area contributed by atoms with Gasteiger partial charge in [0.2, 0.25) is 10.0 Å². The van der Waals surface area contributed by atoms with Gasteiger partial charge in [0.05, 0.1) is 16.3 Å². The summed E-state index contributed by atoms with van der Waals surface area (Å²) in [5, 5.41) is 0. The van der Waals surface area contributed by atoms with E-state index in [2.05, 4.69) is 14.5 Å². The molecule has 2 aliphatic heterocycles. The number of anilines is 2. The zero-order valence-corrected chi connectivity index (χ0v) is 13.1. The summed E-state index contributed by atoms with van der Waals surface area (Å²) in [5.74, 6) is 0. The van der Waals surface area contributed by atoms with Crippen molar-refractivity contribution in [2.45, 2.75) is 23.8 Å². The molecule has 0 amide bonds. The van der Waals surface area contributed by atoms with E-state index in [1.807, 2.05) is 0 Å². The van der Waals surface area contributed by atoms with Gasteiger partial charge in [-0.3, -0.25) is 4.90 Å². The molecule has 0 saturated carbocycles. The highest BCUT2D eigenvalue weighted by Crippen LogP contribution is 2.30. The molecule has 3 N–H and O–H groups in total. The number of benzene rings is 1. The molecule has 3 rings (SSSR count). The van der Waals surface area contributed by atoms with Crippen molar-refractivity contribution in [2.75, 3.05) is 43.9 Å². The molecular weight excluding hydrogens is 288 g/mol. The normalized spacial score (nSPS) is 23.3. The lowest BCUT2D eigenvalue weighted by molar-refractivity contribution is 0.231.